The van der Waals surface area contributed by atoms with E-state index in [-0.39, 0.29) is 18.4 Å². The molecule has 0 unspecified atom stereocenters. The number of carboxylic acids is 1. The number of phenolic OH excluding ortho intramolecular Hbond substituents is 1. The maximum absolute atomic E-state index is 13.4. The van der Waals surface area contributed by atoms with E-state index in [2.05, 4.69) is 0 Å². The van der Waals surface area contributed by atoms with Gasteiger partial charge in [0, 0.05) is 17.7 Å². The van der Waals surface area contributed by atoms with E-state index in [1.807, 2.05) is 0 Å². The first kappa shape index (κ1) is 14.2. The summed E-state index contributed by atoms with van der Waals surface area (Å²) in [4.78, 5) is 21.5. The number of benzene rings is 1. The smallest absolute Gasteiger partial charge is 0.314 e. The highest BCUT2D eigenvalue weighted by molar-refractivity contribution is 5.83. The minimum atomic E-state index is -1.37. The van der Waals surface area contributed by atoms with Crippen LogP contribution in [0.2, 0.25) is 0 Å². The molecule has 1 saturated carbocycles. The number of hydrogen-bond acceptors (Lipinski definition) is 4. The van der Waals surface area contributed by atoms with E-state index in [0.29, 0.717) is 18.9 Å². The van der Waals surface area contributed by atoms with Crippen molar-refractivity contribution in [3.8, 4) is 5.75 Å². The van der Waals surface area contributed by atoms with Gasteiger partial charge in [-0.3, -0.25) is 14.9 Å². The van der Waals surface area contributed by atoms with Crippen LogP contribution < -0.4 is 0 Å². The number of nitro benzene ring substituents is 1. The van der Waals surface area contributed by atoms with Crippen LogP contribution in [0.4, 0.5) is 10.1 Å². The van der Waals surface area contributed by atoms with Gasteiger partial charge in [0.15, 0.2) is 0 Å². The number of halogens is 1. The van der Waals surface area contributed by atoms with Gasteiger partial charge in [-0.1, -0.05) is 19.3 Å². The van der Waals surface area contributed by atoms with Crippen LogP contribution in [0.15, 0.2) is 12.1 Å². The maximum Gasteiger partial charge on any atom is 0.314 e. The van der Waals surface area contributed by atoms with Crippen LogP contribution in [-0.2, 0) is 10.2 Å². The Kier molecular flexibility index (Phi) is 3.61. The van der Waals surface area contributed by atoms with E-state index >= 15 is 0 Å². The van der Waals surface area contributed by atoms with Gasteiger partial charge >= 0.3 is 11.7 Å². The fourth-order valence-corrected chi connectivity index (χ4v) is 2.83. The molecule has 7 heteroatoms. The Labute approximate surface area is 114 Å². The number of phenols is 1. The second-order valence-corrected chi connectivity index (χ2v) is 5.03. The highest BCUT2D eigenvalue weighted by atomic mass is 19.1. The lowest BCUT2D eigenvalue weighted by atomic mass is 9.69. The summed E-state index contributed by atoms with van der Waals surface area (Å²) in [5, 5.41) is 30.1. The van der Waals surface area contributed by atoms with Gasteiger partial charge in [0.05, 0.1) is 10.3 Å². The Morgan fingerprint density at radius 1 is 1.30 bits per heavy atom. The van der Waals surface area contributed by atoms with Gasteiger partial charge < -0.3 is 10.2 Å². The number of hydrogen-bond donors (Lipinski definition) is 2. The van der Waals surface area contributed by atoms with Crippen molar-refractivity contribution in [2.24, 2.45) is 0 Å². The van der Waals surface area contributed by atoms with E-state index in [1.165, 1.54) is 0 Å². The van der Waals surface area contributed by atoms with Crippen LogP contribution in [0.1, 0.15) is 37.7 Å². The number of aliphatic carboxylic acids is 1. The number of carboxylic acid groups (broad SMARTS) is 1. The molecule has 0 heterocycles. The summed E-state index contributed by atoms with van der Waals surface area (Å²) in [6.45, 7) is 0. The molecule has 0 atom stereocenters. The fourth-order valence-electron chi connectivity index (χ4n) is 2.83. The molecule has 1 aliphatic rings. The number of carbonyl (C=O) groups is 1. The lowest BCUT2D eigenvalue weighted by Gasteiger charge is -2.33. The summed E-state index contributed by atoms with van der Waals surface area (Å²) in [7, 11) is 0. The third-order valence-corrected chi connectivity index (χ3v) is 3.89. The lowest BCUT2D eigenvalue weighted by Crippen LogP contribution is -2.38. The third kappa shape index (κ3) is 2.19. The Balaban J connectivity index is 2.62. The summed E-state index contributed by atoms with van der Waals surface area (Å²) < 4.78 is 13.4. The fraction of sp³-hybridized carbons (Fsp3) is 0.462. The molecule has 0 radical (unpaired) electrons. The molecular formula is C13H14FNO5. The molecule has 1 aliphatic carbocycles. The van der Waals surface area contributed by atoms with Crippen molar-refractivity contribution >= 4 is 11.7 Å². The highest BCUT2D eigenvalue weighted by Crippen LogP contribution is 2.45. The SMILES string of the molecule is O=C(O)C1(c2cc([N+](=O)[O-])c(F)cc2O)CCCCC1. The zero-order valence-corrected chi connectivity index (χ0v) is 10.6. The van der Waals surface area contributed by atoms with Crippen molar-refractivity contribution in [2.45, 2.75) is 37.5 Å². The van der Waals surface area contributed by atoms with Crippen molar-refractivity contribution in [1.29, 1.82) is 0 Å². The molecule has 0 aliphatic heterocycles. The van der Waals surface area contributed by atoms with E-state index in [4.69, 9.17) is 0 Å². The van der Waals surface area contributed by atoms with Gasteiger partial charge in [0.25, 0.3) is 0 Å². The molecule has 20 heavy (non-hydrogen) atoms. The second-order valence-electron chi connectivity index (χ2n) is 5.03. The Bertz CT molecular complexity index is 566. The summed E-state index contributed by atoms with van der Waals surface area (Å²) in [5.74, 6) is -2.86. The zero-order valence-electron chi connectivity index (χ0n) is 10.6. The first-order valence-corrected chi connectivity index (χ1v) is 6.29. The minimum absolute atomic E-state index is 0.0715. The second kappa shape index (κ2) is 5.07. The quantitative estimate of drug-likeness (QED) is 0.656. The van der Waals surface area contributed by atoms with E-state index < -0.39 is 33.6 Å². The van der Waals surface area contributed by atoms with Crippen molar-refractivity contribution in [2.75, 3.05) is 0 Å². The third-order valence-electron chi connectivity index (χ3n) is 3.89. The van der Waals surface area contributed by atoms with Crippen LogP contribution >= 0.6 is 0 Å². The van der Waals surface area contributed by atoms with E-state index in [0.717, 1.165) is 12.5 Å². The molecule has 1 aromatic rings. The Morgan fingerprint density at radius 2 is 1.90 bits per heavy atom. The van der Waals surface area contributed by atoms with Crippen molar-refractivity contribution in [3.63, 3.8) is 0 Å². The number of aromatic hydroxyl groups is 1. The van der Waals surface area contributed by atoms with Crippen molar-refractivity contribution in [1.82, 2.24) is 0 Å². The normalized spacial score (nSPS) is 17.6. The predicted molar refractivity (Wildman–Crippen MR) is 67.1 cm³/mol. The summed E-state index contributed by atoms with van der Waals surface area (Å²) in [6, 6.07) is 1.47. The Hall–Kier alpha value is -2.18. The molecule has 0 amide bonds. The summed E-state index contributed by atoms with van der Waals surface area (Å²) >= 11 is 0. The van der Waals surface area contributed by atoms with Crippen LogP contribution in [-0.4, -0.2) is 21.1 Å². The monoisotopic (exact) mass is 283 g/mol. The molecule has 0 spiro atoms. The molecule has 2 rings (SSSR count). The van der Waals surface area contributed by atoms with Gasteiger partial charge in [-0.25, -0.2) is 0 Å². The lowest BCUT2D eigenvalue weighted by molar-refractivity contribution is -0.387. The summed E-state index contributed by atoms with van der Waals surface area (Å²) in [5.41, 5.74) is -2.26. The minimum Gasteiger partial charge on any atom is -0.508 e. The van der Waals surface area contributed by atoms with Crippen LogP contribution in [0.5, 0.6) is 5.75 Å². The van der Waals surface area contributed by atoms with E-state index in [9.17, 15) is 29.5 Å². The average Bonchev–Trinajstić information content (AvgIpc) is 2.38. The van der Waals surface area contributed by atoms with Crippen LogP contribution in [0, 0.1) is 15.9 Å². The van der Waals surface area contributed by atoms with E-state index in [1.54, 1.807) is 0 Å². The summed E-state index contributed by atoms with van der Waals surface area (Å²) in [6.07, 6.45) is 2.73. The molecule has 2 N–H and O–H groups in total. The standard InChI is InChI=1S/C13H14FNO5/c14-9-7-11(16)8(6-10(9)15(19)20)13(12(17)18)4-2-1-3-5-13/h6-7,16H,1-5H2,(H,17,18). The zero-order chi connectivity index (χ0) is 14.9. The van der Waals surface area contributed by atoms with Crippen LogP contribution in [0.25, 0.3) is 0 Å². The Morgan fingerprint density at radius 3 is 2.40 bits per heavy atom. The number of rotatable bonds is 3. The highest BCUT2D eigenvalue weighted by Gasteiger charge is 2.44. The predicted octanol–water partition coefficient (Wildman–Crippen LogP) is 2.73. The van der Waals surface area contributed by atoms with Crippen molar-refractivity contribution < 1.29 is 24.3 Å². The van der Waals surface area contributed by atoms with Crippen molar-refractivity contribution in [3.05, 3.63) is 33.6 Å². The molecule has 0 bridgehead atoms. The molecule has 6 nitrogen and oxygen atoms in total. The van der Waals surface area contributed by atoms with Gasteiger partial charge in [0.2, 0.25) is 5.82 Å². The number of nitrogens with zero attached hydrogens (tertiary/aromatic N) is 1. The first-order chi connectivity index (χ1) is 9.38. The topological polar surface area (TPSA) is 101 Å². The molecular weight excluding hydrogens is 269 g/mol. The molecule has 1 fully saturated rings. The van der Waals surface area contributed by atoms with Gasteiger partial charge in [0.1, 0.15) is 5.75 Å². The van der Waals surface area contributed by atoms with Gasteiger partial charge in [-0.2, -0.15) is 4.39 Å². The first-order valence-electron chi connectivity index (χ1n) is 6.29. The number of nitro groups is 1. The van der Waals surface area contributed by atoms with Gasteiger partial charge in [-0.15, -0.1) is 0 Å². The molecule has 1 aromatic carbocycles. The molecule has 108 valence electrons. The molecule has 0 aromatic heterocycles. The maximum atomic E-state index is 13.4. The van der Waals surface area contributed by atoms with Gasteiger partial charge in [-0.05, 0) is 12.8 Å². The van der Waals surface area contributed by atoms with Crippen LogP contribution in [0.3, 0.4) is 0 Å². The molecule has 0 saturated heterocycles. The largest absolute Gasteiger partial charge is 0.508 e. The average molecular weight is 283 g/mol.